The number of ether oxygens (including phenoxy) is 1. The summed E-state index contributed by atoms with van der Waals surface area (Å²) in [5.41, 5.74) is 2.50. The van der Waals surface area contributed by atoms with Crippen molar-refractivity contribution in [3.05, 3.63) is 90.0 Å². The van der Waals surface area contributed by atoms with Gasteiger partial charge in [0.1, 0.15) is 12.4 Å². The van der Waals surface area contributed by atoms with Gasteiger partial charge in [0.05, 0.1) is 17.1 Å². The van der Waals surface area contributed by atoms with Gasteiger partial charge in [-0.1, -0.05) is 48.5 Å². The van der Waals surface area contributed by atoms with Crippen molar-refractivity contribution >= 4 is 15.7 Å². The SMILES string of the molecule is O=S1(=O)c2ccc(OCc3ccccc3)cc2CN1c1ccccc1. The zero-order valence-corrected chi connectivity index (χ0v) is 14.3. The Balaban J connectivity index is 1.59. The van der Waals surface area contributed by atoms with E-state index < -0.39 is 10.0 Å². The van der Waals surface area contributed by atoms with Gasteiger partial charge < -0.3 is 4.74 Å². The minimum absolute atomic E-state index is 0.324. The van der Waals surface area contributed by atoms with Gasteiger partial charge in [-0.2, -0.15) is 0 Å². The van der Waals surface area contributed by atoms with Gasteiger partial charge in [0, 0.05) is 0 Å². The summed E-state index contributed by atoms with van der Waals surface area (Å²) in [6, 6.07) is 24.2. The molecule has 5 heteroatoms. The van der Waals surface area contributed by atoms with Crippen LogP contribution >= 0.6 is 0 Å². The highest BCUT2D eigenvalue weighted by molar-refractivity contribution is 7.93. The third kappa shape index (κ3) is 2.98. The third-order valence-electron chi connectivity index (χ3n) is 4.21. The van der Waals surface area contributed by atoms with Crippen LogP contribution in [0.3, 0.4) is 0 Å². The average molecular weight is 351 g/mol. The highest BCUT2D eigenvalue weighted by atomic mass is 32.2. The van der Waals surface area contributed by atoms with Crippen LogP contribution in [0.4, 0.5) is 5.69 Å². The summed E-state index contributed by atoms with van der Waals surface area (Å²) in [5.74, 6) is 0.674. The molecule has 1 aliphatic rings. The number of nitrogens with zero attached hydrogens (tertiary/aromatic N) is 1. The number of hydrogen-bond acceptors (Lipinski definition) is 3. The molecule has 0 bridgehead atoms. The lowest BCUT2D eigenvalue weighted by molar-refractivity contribution is 0.305. The first-order valence-electron chi connectivity index (χ1n) is 8.02. The summed E-state index contributed by atoms with van der Waals surface area (Å²) in [4.78, 5) is 0.350. The lowest BCUT2D eigenvalue weighted by atomic mass is 10.2. The van der Waals surface area contributed by atoms with Crippen molar-refractivity contribution in [2.75, 3.05) is 4.31 Å². The van der Waals surface area contributed by atoms with Crippen LogP contribution in [0.1, 0.15) is 11.1 Å². The highest BCUT2D eigenvalue weighted by Gasteiger charge is 2.34. The van der Waals surface area contributed by atoms with E-state index in [1.54, 1.807) is 24.3 Å². The molecule has 3 aromatic rings. The maximum absolute atomic E-state index is 12.8. The Morgan fingerprint density at radius 1 is 0.880 bits per heavy atom. The number of benzene rings is 3. The van der Waals surface area contributed by atoms with Gasteiger partial charge in [-0.3, -0.25) is 4.31 Å². The molecular formula is C20H17NO3S. The van der Waals surface area contributed by atoms with Crippen molar-refractivity contribution in [2.45, 2.75) is 18.0 Å². The third-order valence-corrected chi connectivity index (χ3v) is 6.08. The fraction of sp³-hybridized carbons (Fsp3) is 0.100. The summed E-state index contributed by atoms with van der Waals surface area (Å²) in [7, 11) is -3.51. The largest absolute Gasteiger partial charge is 0.489 e. The van der Waals surface area contributed by atoms with Crippen LogP contribution in [0.25, 0.3) is 0 Å². The quantitative estimate of drug-likeness (QED) is 0.714. The standard InChI is InChI=1S/C20H17NO3S/c22-25(23)20-12-11-19(24-15-16-7-3-1-4-8-16)13-17(20)14-21(25)18-9-5-2-6-10-18/h1-13H,14-15H2. The van der Waals surface area contributed by atoms with E-state index in [2.05, 4.69) is 0 Å². The van der Waals surface area contributed by atoms with Crippen LogP contribution in [-0.4, -0.2) is 8.42 Å². The van der Waals surface area contributed by atoms with Crippen LogP contribution < -0.4 is 9.04 Å². The first kappa shape index (κ1) is 15.7. The number of fused-ring (bicyclic) bond motifs is 1. The van der Waals surface area contributed by atoms with E-state index in [4.69, 9.17) is 4.74 Å². The molecular weight excluding hydrogens is 334 g/mol. The second-order valence-electron chi connectivity index (χ2n) is 5.89. The molecule has 0 amide bonds. The predicted molar refractivity (Wildman–Crippen MR) is 97.0 cm³/mol. The summed E-state index contributed by atoms with van der Waals surface area (Å²) in [6.07, 6.45) is 0. The van der Waals surface area contributed by atoms with Crippen LogP contribution in [0.5, 0.6) is 5.75 Å². The minimum atomic E-state index is -3.51. The molecule has 0 fully saturated rings. The van der Waals surface area contributed by atoms with Gasteiger partial charge in [0.25, 0.3) is 10.0 Å². The lowest BCUT2D eigenvalue weighted by Crippen LogP contribution is -2.23. The smallest absolute Gasteiger partial charge is 0.264 e. The molecule has 0 aliphatic carbocycles. The normalized spacial score (nSPS) is 15.0. The number of anilines is 1. The van der Waals surface area contributed by atoms with Gasteiger partial charge in [-0.15, -0.1) is 0 Å². The first-order chi connectivity index (χ1) is 12.1. The van der Waals surface area contributed by atoms with E-state index in [-0.39, 0.29) is 0 Å². The second-order valence-corrected chi connectivity index (χ2v) is 7.72. The molecule has 0 unspecified atom stereocenters. The predicted octanol–water partition coefficient (Wildman–Crippen LogP) is 3.97. The Bertz CT molecular complexity index is 986. The Morgan fingerprint density at radius 3 is 2.28 bits per heavy atom. The first-order valence-corrected chi connectivity index (χ1v) is 9.46. The van der Waals surface area contributed by atoms with Crippen molar-refractivity contribution in [1.82, 2.24) is 0 Å². The summed E-state index contributed by atoms with van der Waals surface area (Å²) < 4.78 is 32.8. The molecule has 0 spiro atoms. The van der Waals surface area contributed by atoms with Gasteiger partial charge in [-0.05, 0) is 41.5 Å². The number of rotatable bonds is 4. The Kier molecular flexibility index (Phi) is 3.93. The Labute approximate surface area is 147 Å². The molecule has 4 rings (SSSR count). The van der Waals surface area contributed by atoms with Crippen molar-refractivity contribution in [3.8, 4) is 5.75 Å². The molecule has 0 N–H and O–H groups in total. The van der Waals surface area contributed by atoms with Crippen molar-refractivity contribution in [2.24, 2.45) is 0 Å². The van der Waals surface area contributed by atoms with Crippen molar-refractivity contribution < 1.29 is 13.2 Å². The Morgan fingerprint density at radius 2 is 1.56 bits per heavy atom. The summed E-state index contributed by atoms with van der Waals surface area (Å²) >= 11 is 0. The Hall–Kier alpha value is -2.79. The van der Waals surface area contributed by atoms with Crippen LogP contribution in [-0.2, 0) is 23.2 Å². The monoisotopic (exact) mass is 351 g/mol. The number of para-hydroxylation sites is 1. The topological polar surface area (TPSA) is 46.6 Å². The molecule has 0 aromatic heterocycles. The van der Waals surface area contributed by atoms with E-state index in [9.17, 15) is 8.42 Å². The molecule has 4 nitrogen and oxygen atoms in total. The van der Waals surface area contributed by atoms with Crippen molar-refractivity contribution in [3.63, 3.8) is 0 Å². The molecule has 25 heavy (non-hydrogen) atoms. The molecule has 0 saturated heterocycles. The molecule has 0 atom stereocenters. The van der Waals surface area contributed by atoms with E-state index in [1.807, 2.05) is 54.6 Å². The number of sulfonamides is 1. The molecule has 1 aliphatic heterocycles. The summed E-state index contributed by atoms with van der Waals surface area (Å²) in [6.45, 7) is 0.777. The molecule has 3 aromatic carbocycles. The molecule has 0 radical (unpaired) electrons. The van der Waals surface area contributed by atoms with Gasteiger partial charge in [0.2, 0.25) is 0 Å². The number of hydrogen-bond donors (Lipinski definition) is 0. The fourth-order valence-electron chi connectivity index (χ4n) is 2.94. The average Bonchev–Trinajstić information content (AvgIpc) is 2.92. The molecule has 0 saturated carbocycles. The maximum Gasteiger partial charge on any atom is 0.264 e. The van der Waals surface area contributed by atoms with Gasteiger partial charge in [0.15, 0.2) is 0 Å². The van der Waals surface area contributed by atoms with Crippen molar-refractivity contribution in [1.29, 1.82) is 0 Å². The van der Waals surface area contributed by atoms with E-state index >= 15 is 0 Å². The maximum atomic E-state index is 12.8. The van der Waals surface area contributed by atoms with Crippen LogP contribution in [0.15, 0.2) is 83.8 Å². The van der Waals surface area contributed by atoms with Gasteiger partial charge in [-0.25, -0.2) is 8.42 Å². The summed E-state index contributed by atoms with van der Waals surface area (Å²) in [5, 5.41) is 0. The van der Waals surface area contributed by atoms with E-state index in [0.29, 0.717) is 29.5 Å². The van der Waals surface area contributed by atoms with Gasteiger partial charge >= 0.3 is 0 Å². The zero-order valence-electron chi connectivity index (χ0n) is 13.5. The van der Waals surface area contributed by atoms with Crippen LogP contribution in [0.2, 0.25) is 0 Å². The molecule has 126 valence electrons. The zero-order chi connectivity index (χ0) is 17.3. The van der Waals surface area contributed by atoms with E-state index in [1.165, 1.54) is 4.31 Å². The van der Waals surface area contributed by atoms with Crippen LogP contribution in [0, 0.1) is 0 Å². The highest BCUT2D eigenvalue weighted by Crippen LogP contribution is 2.36. The molecule has 1 heterocycles. The fourth-order valence-corrected chi connectivity index (χ4v) is 4.58. The minimum Gasteiger partial charge on any atom is -0.489 e. The lowest BCUT2D eigenvalue weighted by Gasteiger charge is -2.16. The van der Waals surface area contributed by atoms with E-state index in [0.717, 1.165) is 11.1 Å². The second kappa shape index (κ2) is 6.26.